The second-order valence-electron chi connectivity index (χ2n) is 10.3. The number of benzene rings is 4. The fourth-order valence-corrected chi connectivity index (χ4v) is 4.83. The van der Waals surface area contributed by atoms with E-state index >= 15 is 0 Å². The Hall–Kier alpha value is -3.64. The van der Waals surface area contributed by atoms with Gasteiger partial charge < -0.3 is 47.4 Å². The first kappa shape index (κ1) is 33.7. The molecule has 0 unspecified atom stereocenters. The molecule has 5 rings (SSSR count). The summed E-state index contributed by atoms with van der Waals surface area (Å²) in [7, 11) is 0. The Morgan fingerprint density at radius 1 is 0.304 bits per heavy atom. The normalized spacial score (nSPS) is 18.1. The Balaban J connectivity index is 1.07. The van der Waals surface area contributed by atoms with Gasteiger partial charge in [0.1, 0.15) is 49.4 Å². The van der Waals surface area contributed by atoms with Gasteiger partial charge in [-0.15, -0.1) is 0 Å². The molecule has 0 N–H and O–H groups in total. The van der Waals surface area contributed by atoms with Crippen LogP contribution in [0.5, 0.6) is 23.0 Å². The molecule has 4 aromatic rings. The van der Waals surface area contributed by atoms with Crippen molar-refractivity contribution in [2.45, 2.75) is 0 Å². The maximum Gasteiger partial charge on any atom is 0.127 e. The standard InChI is InChI=1S/C36H44O10/c1-3-33-34-4-2-6-36(33)46-26-22-42-18-14-38-12-16-40-20-24-44-32-10-8-29-7-9-31(27-30(29)28-32)43-23-19-39-15-11-37-13-17-41-21-25-45-35(34)5-1/h1-10,27-28H,11-26H2. The smallest absolute Gasteiger partial charge is 0.127 e. The summed E-state index contributed by atoms with van der Waals surface area (Å²) < 4.78 is 57.7. The van der Waals surface area contributed by atoms with Crippen LogP contribution in [0.4, 0.5) is 0 Å². The van der Waals surface area contributed by atoms with Crippen molar-refractivity contribution in [3.63, 3.8) is 0 Å². The van der Waals surface area contributed by atoms with E-state index in [1.54, 1.807) is 0 Å². The van der Waals surface area contributed by atoms with Crippen LogP contribution in [0, 0.1) is 0 Å². The fraction of sp³-hybridized carbons (Fsp3) is 0.444. The monoisotopic (exact) mass is 636 g/mol. The van der Waals surface area contributed by atoms with Crippen molar-refractivity contribution in [3.05, 3.63) is 72.8 Å². The van der Waals surface area contributed by atoms with Gasteiger partial charge in [0.15, 0.2) is 0 Å². The average molecular weight is 637 g/mol. The van der Waals surface area contributed by atoms with Gasteiger partial charge in [-0.25, -0.2) is 0 Å². The van der Waals surface area contributed by atoms with Crippen molar-refractivity contribution in [2.24, 2.45) is 0 Å². The Morgan fingerprint density at radius 3 is 1.04 bits per heavy atom. The first-order valence-electron chi connectivity index (χ1n) is 15.9. The molecule has 0 fully saturated rings. The molecule has 4 aromatic carbocycles. The number of ether oxygens (including phenoxy) is 10. The molecule has 0 aliphatic carbocycles. The molecule has 0 aromatic heterocycles. The van der Waals surface area contributed by atoms with Crippen LogP contribution in [0.3, 0.4) is 0 Å². The van der Waals surface area contributed by atoms with E-state index in [4.69, 9.17) is 47.4 Å². The van der Waals surface area contributed by atoms with Gasteiger partial charge in [-0.3, -0.25) is 0 Å². The van der Waals surface area contributed by atoms with E-state index < -0.39 is 0 Å². The van der Waals surface area contributed by atoms with Gasteiger partial charge in [-0.2, -0.15) is 0 Å². The number of hydrogen-bond acceptors (Lipinski definition) is 10. The second kappa shape index (κ2) is 19.8. The van der Waals surface area contributed by atoms with Crippen LogP contribution in [0.2, 0.25) is 0 Å². The lowest BCUT2D eigenvalue weighted by molar-refractivity contribution is 0.00502. The van der Waals surface area contributed by atoms with Crippen molar-refractivity contribution in [2.75, 3.05) is 106 Å². The third kappa shape index (κ3) is 11.3. The Bertz CT molecular complexity index is 1340. The van der Waals surface area contributed by atoms with Crippen LogP contribution >= 0.6 is 0 Å². The van der Waals surface area contributed by atoms with E-state index in [0.29, 0.717) is 106 Å². The molecule has 0 spiro atoms. The predicted molar refractivity (Wildman–Crippen MR) is 175 cm³/mol. The zero-order valence-corrected chi connectivity index (χ0v) is 26.3. The average Bonchev–Trinajstić information content (AvgIpc) is 3.08. The summed E-state index contributed by atoms with van der Waals surface area (Å²) in [4.78, 5) is 0. The highest BCUT2D eigenvalue weighted by Crippen LogP contribution is 2.32. The summed E-state index contributed by atoms with van der Waals surface area (Å²) in [5.41, 5.74) is 0. The van der Waals surface area contributed by atoms with Crippen LogP contribution in [0.25, 0.3) is 21.5 Å². The highest BCUT2D eigenvalue weighted by atomic mass is 16.6. The van der Waals surface area contributed by atoms with Crippen LogP contribution in [0.15, 0.2) is 72.8 Å². The molecule has 1 aliphatic rings. The van der Waals surface area contributed by atoms with Crippen molar-refractivity contribution in [1.82, 2.24) is 0 Å². The van der Waals surface area contributed by atoms with Crippen LogP contribution in [-0.2, 0) is 28.4 Å². The van der Waals surface area contributed by atoms with E-state index in [2.05, 4.69) is 0 Å². The summed E-state index contributed by atoms with van der Waals surface area (Å²) in [5, 5.41) is 4.13. The summed E-state index contributed by atoms with van der Waals surface area (Å²) >= 11 is 0. The molecular formula is C36H44O10. The molecule has 0 amide bonds. The SMILES string of the molecule is c1cc2c3cccc(c3c1)OCCOCCOCCOCCOc1ccc3ccc(cc3c1)OCCOCCOCCOCCO2. The molecule has 0 saturated heterocycles. The van der Waals surface area contributed by atoms with E-state index in [9.17, 15) is 0 Å². The molecule has 10 heteroatoms. The van der Waals surface area contributed by atoms with E-state index in [1.165, 1.54) is 0 Å². The third-order valence-electron chi connectivity index (χ3n) is 7.08. The third-order valence-corrected chi connectivity index (χ3v) is 7.08. The summed E-state index contributed by atoms with van der Waals surface area (Å²) in [6.45, 7) is 7.52. The van der Waals surface area contributed by atoms with Crippen LogP contribution < -0.4 is 18.9 Å². The molecule has 7 bridgehead atoms. The van der Waals surface area contributed by atoms with Gasteiger partial charge in [0.05, 0.1) is 79.3 Å². The lowest BCUT2D eigenvalue weighted by Crippen LogP contribution is -2.14. The van der Waals surface area contributed by atoms with E-state index in [1.807, 2.05) is 72.8 Å². The maximum atomic E-state index is 6.02. The molecule has 0 radical (unpaired) electrons. The minimum absolute atomic E-state index is 0.432. The summed E-state index contributed by atoms with van der Waals surface area (Å²) in [5.74, 6) is 3.14. The lowest BCUT2D eigenvalue weighted by atomic mass is 10.1. The molecule has 46 heavy (non-hydrogen) atoms. The molecule has 0 atom stereocenters. The summed E-state index contributed by atoms with van der Waals surface area (Å²) in [6.07, 6.45) is 0. The Kier molecular flexibility index (Phi) is 14.5. The lowest BCUT2D eigenvalue weighted by Gasteiger charge is -2.13. The summed E-state index contributed by atoms with van der Waals surface area (Å²) in [6, 6.07) is 23.9. The highest BCUT2D eigenvalue weighted by molar-refractivity contribution is 5.93. The molecule has 10 nitrogen and oxygen atoms in total. The molecule has 0 saturated carbocycles. The van der Waals surface area contributed by atoms with Gasteiger partial charge in [0, 0.05) is 10.8 Å². The van der Waals surface area contributed by atoms with Gasteiger partial charge >= 0.3 is 0 Å². The van der Waals surface area contributed by atoms with E-state index in [-0.39, 0.29) is 0 Å². The van der Waals surface area contributed by atoms with Crippen molar-refractivity contribution in [3.8, 4) is 23.0 Å². The number of rotatable bonds is 0. The zero-order valence-electron chi connectivity index (χ0n) is 26.3. The van der Waals surface area contributed by atoms with Crippen molar-refractivity contribution in [1.29, 1.82) is 0 Å². The van der Waals surface area contributed by atoms with Gasteiger partial charge in [0.25, 0.3) is 0 Å². The largest absolute Gasteiger partial charge is 0.491 e. The number of fused-ring (bicyclic) bond motifs is 2. The Morgan fingerprint density at radius 2 is 0.652 bits per heavy atom. The zero-order chi connectivity index (χ0) is 31.5. The first-order valence-corrected chi connectivity index (χ1v) is 15.9. The minimum Gasteiger partial charge on any atom is -0.491 e. The topological polar surface area (TPSA) is 92.3 Å². The maximum absolute atomic E-state index is 6.02. The molecular weight excluding hydrogens is 592 g/mol. The van der Waals surface area contributed by atoms with E-state index in [0.717, 1.165) is 44.5 Å². The predicted octanol–water partition coefficient (Wildman–Crippen LogP) is 5.32. The van der Waals surface area contributed by atoms with Gasteiger partial charge in [-0.1, -0.05) is 36.4 Å². The highest BCUT2D eigenvalue weighted by Gasteiger charge is 2.08. The number of hydrogen-bond donors (Lipinski definition) is 0. The van der Waals surface area contributed by atoms with Crippen LogP contribution in [0.1, 0.15) is 0 Å². The quantitative estimate of drug-likeness (QED) is 0.253. The van der Waals surface area contributed by atoms with Crippen LogP contribution in [-0.4, -0.2) is 106 Å². The van der Waals surface area contributed by atoms with Crippen molar-refractivity contribution < 1.29 is 47.4 Å². The second-order valence-corrected chi connectivity index (χ2v) is 10.3. The minimum atomic E-state index is 0.432. The van der Waals surface area contributed by atoms with Crippen molar-refractivity contribution >= 4 is 21.5 Å². The molecule has 1 heterocycles. The first-order chi connectivity index (χ1) is 22.9. The Labute approximate surface area is 270 Å². The molecule has 248 valence electrons. The molecule has 1 aliphatic heterocycles. The van der Waals surface area contributed by atoms with Gasteiger partial charge in [0.2, 0.25) is 0 Å². The van der Waals surface area contributed by atoms with Gasteiger partial charge in [-0.05, 0) is 47.2 Å². The fourth-order valence-electron chi connectivity index (χ4n) is 4.83.